The highest BCUT2D eigenvalue weighted by Crippen LogP contribution is 2.72. The molecule has 2 aliphatic rings. The van der Waals surface area contributed by atoms with E-state index in [1.54, 1.807) is 5.57 Å². The summed E-state index contributed by atoms with van der Waals surface area (Å²) in [5, 5.41) is 0. The van der Waals surface area contributed by atoms with E-state index in [1.165, 1.54) is 57.8 Å². The van der Waals surface area contributed by atoms with Crippen molar-refractivity contribution in [2.45, 2.75) is 162 Å². The summed E-state index contributed by atoms with van der Waals surface area (Å²) in [5.74, 6) is 16.6. The van der Waals surface area contributed by atoms with Crippen LogP contribution < -0.4 is 0 Å². The SMILES string of the molecule is CCCC(CC)CC(C)(C)C1(C)C(C)C1C(C)C(C#CC(CCC(C)CC)C(C)C(C)CC(C)C(C)C1=CC1C)CC. The van der Waals surface area contributed by atoms with Gasteiger partial charge in [-0.2, -0.15) is 0 Å². The van der Waals surface area contributed by atoms with Crippen molar-refractivity contribution >= 4 is 0 Å². The molecule has 0 aromatic heterocycles. The molecular weight excluding hydrogens is 504 g/mol. The van der Waals surface area contributed by atoms with Crippen molar-refractivity contribution in [2.24, 2.45) is 81.8 Å². The first-order chi connectivity index (χ1) is 19.6. The van der Waals surface area contributed by atoms with Crippen LogP contribution in [0, 0.1) is 93.7 Å². The normalized spacial score (nSPS) is 30.1. The lowest BCUT2D eigenvalue weighted by atomic mass is 9.66. The maximum atomic E-state index is 4.02. The van der Waals surface area contributed by atoms with Gasteiger partial charge < -0.3 is 0 Å². The Bertz CT molecular complexity index is 895. The minimum Gasteiger partial charge on any atom is -0.0993 e. The molecule has 0 radical (unpaired) electrons. The first kappa shape index (κ1) is 37.5. The summed E-state index contributed by atoms with van der Waals surface area (Å²) in [6.45, 7) is 37.3. The first-order valence-corrected chi connectivity index (χ1v) is 18.8. The van der Waals surface area contributed by atoms with Crippen LogP contribution in [0.2, 0.25) is 0 Å². The molecule has 2 aliphatic carbocycles. The van der Waals surface area contributed by atoms with Crippen molar-refractivity contribution in [3.8, 4) is 11.8 Å². The third kappa shape index (κ3) is 8.94. The Morgan fingerprint density at radius 3 is 1.90 bits per heavy atom. The number of rotatable bonds is 19. The molecule has 2 rings (SSSR count). The van der Waals surface area contributed by atoms with Gasteiger partial charge in [-0.25, -0.2) is 0 Å². The zero-order valence-electron chi connectivity index (χ0n) is 31.4. The maximum absolute atomic E-state index is 4.02. The second-order valence-corrected chi connectivity index (χ2v) is 16.9. The van der Waals surface area contributed by atoms with E-state index in [0.29, 0.717) is 40.4 Å². The molecule has 0 spiro atoms. The largest absolute Gasteiger partial charge is 0.0993 e. The highest BCUT2D eigenvalue weighted by atomic mass is 14.7. The molecule has 0 aromatic carbocycles. The highest BCUT2D eigenvalue weighted by Gasteiger charge is 2.67. The van der Waals surface area contributed by atoms with Gasteiger partial charge in [-0.05, 0) is 102 Å². The lowest BCUT2D eigenvalue weighted by Gasteiger charge is -2.38. The average Bonchev–Trinajstić information content (AvgIpc) is 3.82. The predicted molar refractivity (Wildman–Crippen MR) is 189 cm³/mol. The van der Waals surface area contributed by atoms with Gasteiger partial charge in [-0.15, -0.1) is 0 Å². The van der Waals surface area contributed by atoms with Gasteiger partial charge in [-0.3, -0.25) is 0 Å². The van der Waals surface area contributed by atoms with Gasteiger partial charge >= 0.3 is 0 Å². The summed E-state index contributed by atoms with van der Waals surface area (Å²) in [5.41, 5.74) is 2.52. The summed E-state index contributed by atoms with van der Waals surface area (Å²) >= 11 is 0. The predicted octanol–water partition coefficient (Wildman–Crippen LogP) is 13.1. The van der Waals surface area contributed by atoms with E-state index in [1.807, 2.05) is 0 Å². The highest BCUT2D eigenvalue weighted by molar-refractivity contribution is 5.30. The van der Waals surface area contributed by atoms with Crippen molar-refractivity contribution in [1.29, 1.82) is 0 Å². The monoisotopic (exact) mass is 581 g/mol. The molecule has 0 bridgehead atoms. The Kier molecular flexibility index (Phi) is 14.3. The van der Waals surface area contributed by atoms with E-state index in [2.05, 4.69) is 122 Å². The zero-order valence-corrected chi connectivity index (χ0v) is 31.4. The number of hydrogen-bond acceptors (Lipinski definition) is 0. The zero-order chi connectivity index (χ0) is 32.0. The standard InChI is InChI=1S/C42H76/c1-16-20-36(18-3)27-41(13,14)42(15)35(12)40(42)34(11)37(19-4)23-24-38(22-21-28(5)17-2)32(9)29(6)25-30(7)33(10)39-26-31(39)8/h26,28-38,40H,16-22,25,27H2,1-15H3. The second kappa shape index (κ2) is 16.0. The molecule has 1 fully saturated rings. The van der Waals surface area contributed by atoms with Crippen LogP contribution in [-0.2, 0) is 0 Å². The van der Waals surface area contributed by atoms with Gasteiger partial charge in [0, 0.05) is 11.8 Å². The van der Waals surface area contributed by atoms with Gasteiger partial charge in [-0.1, -0.05) is 153 Å². The van der Waals surface area contributed by atoms with Crippen molar-refractivity contribution in [2.75, 3.05) is 0 Å². The summed E-state index contributed by atoms with van der Waals surface area (Å²) in [4.78, 5) is 0. The topological polar surface area (TPSA) is 0 Å². The lowest BCUT2D eigenvalue weighted by Crippen LogP contribution is -2.30. The number of allylic oxidation sites excluding steroid dienone is 2. The van der Waals surface area contributed by atoms with E-state index < -0.39 is 0 Å². The molecule has 0 amide bonds. The fourth-order valence-electron chi connectivity index (χ4n) is 9.38. The molecule has 244 valence electrons. The third-order valence-electron chi connectivity index (χ3n) is 13.9. The molecule has 0 nitrogen and oxygen atoms in total. The molecule has 42 heavy (non-hydrogen) atoms. The van der Waals surface area contributed by atoms with Crippen molar-refractivity contribution < 1.29 is 0 Å². The summed E-state index contributed by atoms with van der Waals surface area (Å²) in [7, 11) is 0. The van der Waals surface area contributed by atoms with Crippen LogP contribution in [0.25, 0.3) is 0 Å². The fourth-order valence-corrected chi connectivity index (χ4v) is 9.38. The van der Waals surface area contributed by atoms with Gasteiger partial charge in [0.2, 0.25) is 0 Å². The summed E-state index contributed by atoms with van der Waals surface area (Å²) in [6.07, 6.45) is 14.3. The molecular formula is C42H76. The Labute approximate surface area is 266 Å². The minimum absolute atomic E-state index is 0.387. The van der Waals surface area contributed by atoms with Crippen LogP contribution in [0.15, 0.2) is 11.6 Å². The molecule has 1 saturated carbocycles. The van der Waals surface area contributed by atoms with Gasteiger partial charge in [0.25, 0.3) is 0 Å². The van der Waals surface area contributed by atoms with Gasteiger partial charge in [0.15, 0.2) is 0 Å². The number of hydrogen-bond donors (Lipinski definition) is 0. The Hall–Kier alpha value is -0.700. The van der Waals surface area contributed by atoms with Crippen LogP contribution in [-0.4, -0.2) is 0 Å². The second-order valence-electron chi connectivity index (χ2n) is 16.9. The third-order valence-corrected chi connectivity index (χ3v) is 13.9. The fraction of sp³-hybridized carbons (Fsp3) is 0.905. The minimum atomic E-state index is 0.387. The molecule has 13 unspecified atom stereocenters. The van der Waals surface area contributed by atoms with Gasteiger partial charge in [0.05, 0.1) is 0 Å². The Morgan fingerprint density at radius 1 is 0.810 bits per heavy atom. The molecule has 0 heteroatoms. The maximum Gasteiger partial charge on any atom is 0.0231 e. The Balaban J connectivity index is 2.19. The Morgan fingerprint density at radius 2 is 1.40 bits per heavy atom. The molecule has 0 aromatic rings. The van der Waals surface area contributed by atoms with Crippen LogP contribution in [0.3, 0.4) is 0 Å². The molecule has 0 N–H and O–H groups in total. The van der Waals surface area contributed by atoms with E-state index in [9.17, 15) is 0 Å². The lowest BCUT2D eigenvalue weighted by molar-refractivity contribution is 0.112. The average molecular weight is 581 g/mol. The van der Waals surface area contributed by atoms with Crippen molar-refractivity contribution in [1.82, 2.24) is 0 Å². The van der Waals surface area contributed by atoms with E-state index in [4.69, 9.17) is 0 Å². The van der Waals surface area contributed by atoms with Crippen molar-refractivity contribution in [3.63, 3.8) is 0 Å². The molecule has 0 heterocycles. The van der Waals surface area contributed by atoms with E-state index >= 15 is 0 Å². The van der Waals surface area contributed by atoms with Crippen LogP contribution >= 0.6 is 0 Å². The van der Waals surface area contributed by atoms with Crippen LogP contribution in [0.5, 0.6) is 0 Å². The molecule has 0 aliphatic heterocycles. The molecule has 13 atom stereocenters. The summed E-state index contributed by atoms with van der Waals surface area (Å²) in [6, 6.07) is 0. The van der Waals surface area contributed by atoms with Crippen LogP contribution in [0.1, 0.15) is 162 Å². The summed E-state index contributed by atoms with van der Waals surface area (Å²) < 4.78 is 0. The van der Waals surface area contributed by atoms with Crippen molar-refractivity contribution in [3.05, 3.63) is 11.6 Å². The van der Waals surface area contributed by atoms with Crippen LogP contribution in [0.4, 0.5) is 0 Å². The van der Waals surface area contributed by atoms with E-state index in [0.717, 1.165) is 41.4 Å². The van der Waals surface area contributed by atoms with Gasteiger partial charge in [0.1, 0.15) is 0 Å². The smallest absolute Gasteiger partial charge is 0.0231 e. The van der Waals surface area contributed by atoms with E-state index in [-0.39, 0.29) is 0 Å². The quantitative estimate of drug-likeness (QED) is 0.105. The first-order valence-electron chi connectivity index (χ1n) is 18.8. The molecule has 0 saturated heterocycles.